The Morgan fingerprint density at radius 3 is 2.76 bits per heavy atom. The summed E-state index contributed by atoms with van der Waals surface area (Å²) in [5, 5.41) is 8.64. The van der Waals surface area contributed by atoms with Gasteiger partial charge in [-0.2, -0.15) is 19.7 Å². The maximum Gasteiger partial charge on any atom is 0.266 e. The van der Waals surface area contributed by atoms with Crippen LogP contribution in [-0.2, 0) is 6.54 Å². The average molecular weight is 339 g/mol. The van der Waals surface area contributed by atoms with Crippen molar-refractivity contribution in [1.29, 1.82) is 0 Å². The minimum Gasteiger partial charge on any atom is -0.356 e. The molecule has 0 N–H and O–H groups in total. The summed E-state index contributed by atoms with van der Waals surface area (Å²) in [5.41, 5.74) is 1.79. The first kappa shape index (κ1) is 15.7. The number of nitrogens with zero attached hydrogens (tertiary/aromatic N) is 7. The van der Waals surface area contributed by atoms with Gasteiger partial charge in [-0.25, -0.2) is 9.67 Å². The van der Waals surface area contributed by atoms with Crippen LogP contribution in [-0.4, -0.2) is 42.5 Å². The molecule has 130 valence electrons. The van der Waals surface area contributed by atoms with Crippen molar-refractivity contribution in [3.05, 3.63) is 46.3 Å². The van der Waals surface area contributed by atoms with Crippen molar-refractivity contribution in [1.82, 2.24) is 29.4 Å². The van der Waals surface area contributed by atoms with Crippen molar-refractivity contribution >= 4 is 11.6 Å². The van der Waals surface area contributed by atoms with Gasteiger partial charge in [0.2, 0.25) is 0 Å². The molecular formula is C17H21N7O. The molecule has 25 heavy (non-hydrogen) atoms. The average Bonchev–Trinajstić information content (AvgIpc) is 3.06. The van der Waals surface area contributed by atoms with E-state index < -0.39 is 0 Å². The highest BCUT2D eigenvalue weighted by atomic mass is 16.1. The Morgan fingerprint density at radius 2 is 1.96 bits per heavy atom. The Kier molecular flexibility index (Phi) is 3.95. The second kappa shape index (κ2) is 6.27. The highest BCUT2D eigenvalue weighted by molar-refractivity contribution is 5.47. The minimum atomic E-state index is -0.0258. The van der Waals surface area contributed by atoms with E-state index in [2.05, 4.69) is 31.1 Å². The predicted octanol–water partition coefficient (Wildman–Crippen LogP) is 1.21. The Hall–Kier alpha value is -2.77. The van der Waals surface area contributed by atoms with E-state index in [4.69, 9.17) is 0 Å². The zero-order valence-electron chi connectivity index (χ0n) is 14.5. The van der Waals surface area contributed by atoms with Crippen LogP contribution >= 0.6 is 0 Å². The van der Waals surface area contributed by atoms with Crippen LogP contribution in [0.2, 0.25) is 0 Å². The minimum absolute atomic E-state index is 0.0258. The van der Waals surface area contributed by atoms with E-state index in [1.54, 1.807) is 21.3 Å². The van der Waals surface area contributed by atoms with Gasteiger partial charge in [0.15, 0.2) is 0 Å². The maximum atomic E-state index is 11.9. The summed E-state index contributed by atoms with van der Waals surface area (Å²) in [6.45, 7) is 6.41. The second-order valence-electron chi connectivity index (χ2n) is 6.65. The van der Waals surface area contributed by atoms with Gasteiger partial charge in [0.1, 0.15) is 12.1 Å². The van der Waals surface area contributed by atoms with Crippen molar-refractivity contribution in [2.24, 2.45) is 5.92 Å². The Balaban J connectivity index is 1.48. The normalized spacial score (nSPS) is 15.8. The number of aryl methyl sites for hydroxylation is 2. The molecule has 0 aromatic carbocycles. The standard InChI is InChI=1S/C17H21N7O/c1-12-3-4-16(25)23(21-12)10-14-5-7-22(8-6-14)15-9-13(2)20-17-18-11-19-24(15)17/h3-4,9,11,14H,5-8,10H2,1-2H3. The molecule has 1 aliphatic heterocycles. The summed E-state index contributed by atoms with van der Waals surface area (Å²) in [7, 11) is 0. The molecule has 4 rings (SSSR count). The molecule has 0 atom stereocenters. The number of rotatable bonds is 3. The van der Waals surface area contributed by atoms with E-state index >= 15 is 0 Å². The largest absolute Gasteiger partial charge is 0.356 e. The van der Waals surface area contributed by atoms with Crippen molar-refractivity contribution in [2.45, 2.75) is 33.2 Å². The van der Waals surface area contributed by atoms with E-state index in [-0.39, 0.29) is 5.56 Å². The number of fused-ring (bicyclic) bond motifs is 1. The van der Waals surface area contributed by atoms with Crippen LogP contribution in [0.1, 0.15) is 24.2 Å². The summed E-state index contributed by atoms with van der Waals surface area (Å²) >= 11 is 0. The van der Waals surface area contributed by atoms with Crippen molar-refractivity contribution in [2.75, 3.05) is 18.0 Å². The van der Waals surface area contributed by atoms with E-state index in [9.17, 15) is 4.79 Å². The van der Waals surface area contributed by atoms with Crippen LogP contribution in [0.3, 0.4) is 0 Å². The summed E-state index contributed by atoms with van der Waals surface area (Å²) < 4.78 is 3.39. The lowest BCUT2D eigenvalue weighted by Crippen LogP contribution is -2.38. The van der Waals surface area contributed by atoms with Crippen LogP contribution in [0.15, 0.2) is 29.3 Å². The Labute approximate surface area is 145 Å². The molecule has 1 aliphatic rings. The van der Waals surface area contributed by atoms with Crippen LogP contribution in [0.4, 0.5) is 5.82 Å². The van der Waals surface area contributed by atoms with Crippen molar-refractivity contribution in [3.8, 4) is 0 Å². The van der Waals surface area contributed by atoms with Gasteiger partial charge in [0.25, 0.3) is 11.3 Å². The quantitative estimate of drug-likeness (QED) is 0.713. The smallest absolute Gasteiger partial charge is 0.266 e. The molecule has 0 saturated carbocycles. The molecule has 1 fully saturated rings. The third-order valence-electron chi connectivity index (χ3n) is 4.73. The van der Waals surface area contributed by atoms with E-state index in [1.165, 1.54) is 6.33 Å². The van der Waals surface area contributed by atoms with Crippen molar-refractivity contribution < 1.29 is 0 Å². The van der Waals surface area contributed by atoms with Gasteiger partial charge in [-0.1, -0.05) is 0 Å². The molecule has 0 bridgehead atoms. The lowest BCUT2D eigenvalue weighted by Gasteiger charge is -2.33. The summed E-state index contributed by atoms with van der Waals surface area (Å²) in [5.74, 6) is 2.12. The molecule has 3 aromatic heterocycles. The molecule has 0 radical (unpaired) electrons. The summed E-state index contributed by atoms with van der Waals surface area (Å²) in [4.78, 5) is 22.9. The molecule has 0 unspecified atom stereocenters. The van der Waals surface area contributed by atoms with Gasteiger partial charge in [0.05, 0.1) is 5.69 Å². The van der Waals surface area contributed by atoms with Crippen LogP contribution in [0.25, 0.3) is 5.78 Å². The van der Waals surface area contributed by atoms with Gasteiger partial charge in [-0.3, -0.25) is 4.79 Å². The number of hydrogen-bond donors (Lipinski definition) is 0. The first-order valence-corrected chi connectivity index (χ1v) is 8.57. The van der Waals surface area contributed by atoms with Crippen LogP contribution in [0.5, 0.6) is 0 Å². The van der Waals surface area contributed by atoms with E-state index in [1.807, 2.05) is 13.8 Å². The molecule has 0 spiro atoms. The molecule has 0 amide bonds. The predicted molar refractivity (Wildman–Crippen MR) is 93.7 cm³/mol. The van der Waals surface area contributed by atoms with E-state index in [0.717, 1.165) is 43.1 Å². The highest BCUT2D eigenvalue weighted by Gasteiger charge is 2.22. The number of anilines is 1. The molecular weight excluding hydrogens is 318 g/mol. The lowest BCUT2D eigenvalue weighted by molar-refractivity contribution is 0.333. The van der Waals surface area contributed by atoms with Gasteiger partial charge in [-0.15, -0.1) is 0 Å². The van der Waals surface area contributed by atoms with Gasteiger partial charge in [0, 0.05) is 37.5 Å². The fraction of sp³-hybridized carbons (Fsp3) is 0.471. The van der Waals surface area contributed by atoms with Gasteiger partial charge >= 0.3 is 0 Å². The molecule has 0 aliphatic carbocycles. The van der Waals surface area contributed by atoms with Crippen molar-refractivity contribution in [3.63, 3.8) is 0 Å². The molecule has 3 aromatic rings. The maximum absolute atomic E-state index is 11.9. The fourth-order valence-corrected chi connectivity index (χ4v) is 3.41. The zero-order chi connectivity index (χ0) is 17.4. The molecule has 1 saturated heterocycles. The molecule has 4 heterocycles. The number of piperidine rings is 1. The Bertz CT molecular complexity index is 953. The number of hydrogen-bond acceptors (Lipinski definition) is 6. The first-order valence-electron chi connectivity index (χ1n) is 8.57. The lowest BCUT2D eigenvalue weighted by atomic mass is 9.97. The number of aromatic nitrogens is 6. The topological polar surface area (TPSA) is 81.2 Å². The second-order valence-corrected chi connectivity index (χ2v) is 6.65. The summed E-state index contributed by atoms with van der Waals surface area (Å²) in [6, 6.07) is 5.41. The third-order valence-corrected chi connectivity index (χ3v) is 4.73. The Morgan fingerprint density at radius 1 is 1.16 bits per heavy atom. The first-order chi connectivity index (χ1) is 12.1. The monoisotopic (exact) mass is 339 g/mol. The summed E-state index contributed by atoms with van der Waals surface area (Å²) in [6.07, 6.45) is 3.56. The third kappa shape index (κ3) is 3.11. The van der Waals surface area contributed by atoms with Gasteiger partial charge < -0.3 is 4.90 Å². The van der Waals surface area contributed by atoms with E-state index in [0.29, 0.717) is 18.2 Å². The SMILES string of the molecule is Cc1cc(N2CCC(Cn3nc(C)ccc3=O)CC2)n2ncnc2n1. The molecule has 8 heteroatoms. The highest BCUT2D eigenvalue weighted by Crippen LogP contribution is 2.24. The van der Waals surface area contributed by atoms with Gasteiger partial charge in [-0.05, 0) is 38.7 Å². The zero-order valence-corrected chi connectivity index (χ0v) is 14.5. The van der Waals surface area contributed by atoms with Crippen LogP contribution in [0, 0.1) is 19.8 Å². The fourth-order valence-electron chi connectivity index (χ4n) is 3.41. The van der Waals surface area contributed by atoms with Crippen LogP contribution < -0.4 is 10.5 Å². The molecule has 8 nitrogen and oxygen atoms in total.